The summed E-state index contributed by atoms with van der Waals surface area (Å²) in [6.07, 6.45) is 6.54. The van der Waals surface area contributed by atoms with Gasteiger partial charge < -0.3 is 0 Å². The summed E-state index contributed by atoms with van der Waals surface area (Å²) < 4.78 is 27.5. The van der Waals surface area contributed by atoms with E-state index in [4.69, 9.17) is 0 Å². The summed E-state index contributed by atoms with van der Waals surface area (Å²) in [4.78, 5) is 0.327. The Bertz CT molecular complexity index is 530. The third-order valence-electron chi connectivity index (χ3n) is 4.03. The van der Waals surface area contributed by atoms with Crippen LogP contribution in [0.25, 0.3) is 0 Å². The number of hydrogen-bond donors (Lipinski definition) is 1. The van der Waals surface area contributed by atoms with Gasteiger partial charge in [0.1, 0.15) is 4.90 Å². The summed E-state index contributed by atoms with van der Waals surface area (Å²) >= 11 is 0. The molecule has 1 aliphatic carbocycles. The van der Waals surface area contributed by atoms with Gasteiger partial charge in [-0.25, -0.2) is 8.42 Å². The highest BCUT2D eigenvalue weighted by molar-refractivity contribution is 7.89. The van der Waals surface area contributed by atoms with Crippen molar-refractivity contribution in [3.8, 4) is 0 Å². The van der Waals surface area contributed by atoms with Gasteiger partial charge in [0.2, 0.25) is 10.0 Å². The Balaban J connectivity index is 2.27. The zero-order chi connectivity index (χ0) is 14.8. The van der Waals surface area contributed by atoms with E-state index in [1.807, 2.05) is 0 Å². The predicted octanol–water partition coefficient (Wildman–Crippen LogP) is 2.70. The van der Waals surface area contributed by atoms with Gasteiger partial charge in [-0.15, -0.1) is 0 Å². The molecule has 1 fully saturated rings. The van der Waals surface area contributed by atoms with Crippen LogP contribution < -0.4 is 0 Å². The number of nitrogens with zero attached hydrogens (tertiary/aromatic N) is 2. The summed E-state index contributed by atoms with van der Waals surface area (Å²) in [5.74, 6) is 0.500. The molecule has 0 radical (unpaired) electrons. The van der Waals surface area contributed by atoms with Crippen molar-refractivity contribution in [3.05, 3.63) is 11.9 Å². The van der Waals surface area contributed by atoms with Gasteiger partial charge in [0.15, 0.2) is 0 Å². The fourth-order valence-electron chi connectivity index (χ4n) is 2.80. The molecule has 0 spiro atoms. The fraction of sp³-hybridized carbons (Fsp3) is 0.786. The molecule has 0 unspecified atom stereocenters. The maximum atomic E-state index is 12.9. The van der Waals surface area contributed by atoms with Crippen LogP contribution >= 0.6 is 0 Å². The summed E-state index contributed by atoms with van der Waals surface area (Å²) in [6, 6.07) is 0.160. The van der Waals surface area contributed by atoms with Crippen molar-refractivity contribution < 1.29 is 8.42 Å². The lowest BCUT2D eigenvalue weighted by Gasteiger charge is -2.28. The largest absolute Gasteiger partial charge is 0.281 e. The second-order valence-corrected chi connectivity index (χ2v) is 7.95. The van der Waals surface area contributed by atoms with Crippen LogP contribution in [0.5, 0.6) is 0 Å². The van der Waals surface area contributed by atoms with Gasteiger partial charge in [-0.3, -0.25) is 5.10 Å². The molecule has 1 aliphatic rings. The van der Waals surface area contributed by atoms with E-state index in [-0.39, 0.29) is 6.04 Å². The first-order valence-electron chi connectivity index (χ1n) is 7.44. The van der Waals surface area contributed by atoms with Gasteiger partial charge in [0, 0.05) is 12.6 Å². The highest BCUT2D eigenvalue weighted by Gasteiger charge is 2.34. The highest BCUT2D eigenvalue weighted by Crippen LogP contribution is 2.29. The quantitative estimate of drug-likeness (QED) is 0.878. The van der Waals surface area contributed by atoms with Gasteiger partial charge in [-0.1, -0.05) is 26.7 Å². The minimum Gasteiger partial charge on any atom is -0.281 e. The van der Waals surface area contributed by atoms with Crippen molar-refractivity contribution in [1.82, 2.24) is 14.5 Å². The van der Waals surface area contributed by atoms with Crippen LogP contribution in [0.4, 0.5) is 0 Å². The lowest BCUT2D eigenvalue weighted by molar-refractivity contribution is 0.304. The summed E-state index contributed by atoms with van der Waals surface area (Å²) in [7, 11) is -3.43. The van der Waals surface area contributed by atoms with E-state index in [2.05, 4.69) is 24.0 Å². The lowest BCUT2D eigenvalue weighted by Crippen LogP contribution is -2.40. The van der Waals surface area contributed by atoms with Crippen molar-refractivity contribution in [1.29, 1.82) is 0 Å². The first kappa shape index (κ1) is 15.5. The molecule has 20 heavy (non-hydrogen) atoms. The second kappa shape index (κ2) is 6.26. The number of H-pyrrole nitrogens is 1. The van der Waals surface area contributed by atoms with Gasteiger partial charge in [-0.05, 0) is 32.1 Å². The van der Waals surface area contributed by atoms with Gasteiger partial charge in [0.25, 0.3) is 0 Å². The molecule has 0 saturated heterocycles. The third kappa shape index (κ3) is 3.23. The fourth-order valence-corrected chi connectivity index (χ4v) is 4.62. The Kier molecular flexibility index (Phi) is 4.86. The molecule has 1 aromatic heterocycles. The second-order valence-electron chi connectivity index (χ2n) is 6.10. The highest BCUT2D eigenvalue weighted by atomic mass is 32.2. The van der Waals surface area contributed by atoms with Crippen LogP contribution in [0.2, 0.25) is 0 Å². The van der Waals surface area contributed by atoms with Crippen molar-refractivity contribution in [2.45, 2.75) is 63.8 Å². The first-order chi connectivity index (χ1) is 9.43. The van der Waals surface area contributed by atoms with Gasteiger partial charge in [-0.2, -0.15) is 9.40 Å². The number of hydrogen-bond acceptors (Lipinski definition) is 3. The number of nitrogens with one attached hydrogen (secondary N) is 1. The standard InChI is InChI=1S/C14H25N3O2S/c1-11(2)8-9-17(13-6-4-5-7-13)20(18,19)14-10-15-16-12(14)3/h10-11,13H,4-9H2,1-3H3,(H,15,16). The molecule has 0 atom stereocenters. The molecule has 2 rings (SSSR count). The topological polar surface area (TPSA) is 66.1 Å². The van der Waals surface area contributed by atoms with Crippen molar-refractivity contribution in [3.63, 3.8) is 0 Å². The van der Waals surface area contributed by atoms with Gasteiger partial charge >= 0.3 is 0 Å². The predicted molar refractivity (Wildman–Crippen MR) is 78.9 cm³/mol. The Morgan fingerprint density at radius 1 is 1.40 bits per heavy atom. The Morgan fingerprint density at radius 3 is 2.55 bits per heavy atom. The van der Waals surface area contributed by atoms with Crippen molar-refractivity contribution >= 4 is 10.0 Å². The molecule has 0 bridgehead atoms. The minimum absolute atomic E-state index is 0.160. The van der Waals surface area contributed by atoms with E-state index in [1.165, 1.54) is 6.20 Å². The molecular weight excluding hydrogens is 274 g/mol. The Morgan fingerprint density at radius 2 is 2.05 bits per heavy atom. The zero-order valence-electron chi connectivity index (χ0n) is 12.6. The normalized spacial score (nSPS) is 17.4. The number of aromatic amines is 1. The van der Waals surface area contributed by atoms with Crippen LogP contribution in [0.15, 0.2) is 11.1 Å². The SMILES string of the molecule is Cc1[nH]ncc1S(=O)(=O)N(CCC(C)C)C1CCCC1. The molecule has 5 nitrogen and oxygen atoms in total. The smallest absolute Gasteiger partial charge is 0.246 e. The molecule has 0 aliphatic heterocycles. The zero-order valence-corrected chi connectivity index (χ0v) is 13.4. The van der Waals surface area contributed by atoms with Crippen LogP contribution in [-0.4, -0.2) is 35.5 Å². The number of sulfonamides is 1. The first-order valence-corrected chi connectivity index (χ1v) is 8.88. The van der Waals surface area contributed by atoms with Gasteiger partial charge in [0.05, 0.1) is 11.9 Å². The lowest BCUT2D eigenvalue weighted by atomic mass is 10.1. The Labute approximate surface area is 121 Å². The molecule has 1 aromatic rings. The summed E-state index contributed by atoms with van der Waals surface area (Å²) in [6.45, 7) is 6.62. The molecule has 114 valence electrons. The van der Waals surface area contributed by atoms with Crippen LogP contribution in [0.3, 0.4) is 0 Å². The molecular formula is C14H25N3O2S. The number of aromatic nitrogens is 2. The van der Waals surface area contributed by atoms with E-state index in [9.17, 15) is 8.42 Å². The molecule has 1 heterocycles. The number of aryl methyl sites for hydroxylation is 1. The molecule has 0 aromatic carbocycles. The van der Waals surface area contributed by atoms with Crippen LogP contribution in [0.1, 0.15) is 51.6 Å². The Hall–Kier alpha value is -0.880. The molecule has 6 heteroatoms. The minimum atomic E-state index is -3.43. The monoisotopic (exact) mass is 299 g/mol. The summed E-state index contributed by atoms with van der Waals surface area (Å²) in [5, 5.41) is 6.59. The maximum Gasteiger partial charge on any atom is 0.246 e. The van der Waals surface area contributed by atoms with Crippen molar-refractivity contribution in [2.75, 3.05) is 6.54 Å². The van der Waals surface area contributed by atoms with Crippen LogP contribution in [-0.2, 0) is 10.0 Å². The van der Waals surface area contributed by atoms with E-state index in [0.29, 0.717) is 23.1 Å². The average molecular weight is 299 g/mol. The van der Waals surface area contributed by atoms with Crippen molar-refractivity contribution in [2.24, 2.45) is 5.92 Å². The van der Waals surface area contributed by atoms with E-state index in [0.717, 1.165) is 32.1 Å². The molecule has 0 amide bonds. The van der Waals surface area contributed by atoms with E-state index in [1.54, 1.807) is 11.2 Å². The molecule has 1 N–H and O–H groups in total. The van der Waals surface area contributed by atoms with E-state index >= 15 is 0 Å². The van der Waals surface area contributed by atoms with E-state index < -0.39 is 10.0 Å². The summed E-state index contributed by atoms with van der Waals surface area (Å²) in [5.41, 5.74) is 0.623. The third-order valence-corrected chi connectivity index (χ3v) is 6.09. The number of rotatable bonds is 6. The average Bonchev–Trinajstić information content (AvgIpc) is 2.99. The molecule has 1 saturated carbocycles. The van der Waals surface area contributed by atoms with Crippen LogP contribution in [0, 0.1) is 12.8 Å². The maximum absolute atomic E-state index is 12.9.